The van der Waals surface area contributed by atoms with Gasteiger partial charge in [-0.3, -0.25) is 4.21 Å². The highest BCUT2D eigenvalue weighted by molar-refractivity contribution is 7.83. The Morgan fingerprint density at radius 2 is 1.91 bits per heavy atom. The second kappa shape index (κ2) is 6.40. The molecule has 1 atom stereocenters. The molecule has 1 N–H and O–H groups in total. The monoisotopic (exact) mass is 317 g/mol. The summed E-state index contributed by atoms with van der Waals surface area (Å²) in [5.74, 6) is 2.20. The van der Waals surface area contributed by atoms with Crippen molar-refractivity contribution in [3.8, 4) is 11.5 Å². The van der Waals surface area contributed by atoms with Crippen LogP contribution in [0.2, 0.25) is 0 Å². The Bertz CT molecular complexity index is 715. The van der Waals surface area contributed by atoms with Gasteiger partial charge in [-0.15, -0.1) is 0 Å². The van der Waals surface area contributed by atoms with Crippen molar-refractivity contribution in [1.29, 1.82) is 0 Å². The highest BCUT2D eigenvalue weighted by atomic mass is 32.2. The first-order valence-electron chi connectivity index (χ1n) is 7.15. The number of hydrogen-bond donors (Lipinski definition) is 1. The smallest absolute Gasteiger partial charge is 0.231 e. The first-order valence-corrected chi connectivity index (χ1v) is 8.88. The van der Waals surface area contributed by atoms with Crippen LogP contribution in [0, 0.1) is 6.92 Å². The minimum atomic E-state index is -0.839. The Morgan fingerprint density at radius 1 is 1.14 bits per heavy atom. The van der Waals surface area contributed by atoms with Crippen LogP contribution in [-0.4, -0.2) is 17.3 Å². The molecule has 1 aliphatic rings. The van der Waals surface area contributed by atoms with Crippen molar-refractivity contribution >= 4 is 16.5 Å². The molecule has 0 bridgehead atoms. The van der Waals surface area contributed by atoms with Crippen LogP contribution in [0.25, 0.3) is 0 Å². The van der Waals surface area contributed by atoms with Crippen molar-refractivity contribution in [3.63, 3.8) is 0 Å². The molecule has 1 aliphatic heterocycles. The van der Waals surface area contributed by atoms with E-state index in [1.165, 1.54) is 0 Å². The lowest BCUT2D eigenvalue weighted by molar-refractivity contribution is 0.173. The summed E-state index contributed by atoms with van der Waals surface area (Å²) < 4.78 is 22.4. The molecule has 0 radical (unpaired) electrons. The van der Waals surface area contributed by atoms with Gasteiger partial charge < -0.3 is 14.8 Å². The molecule has 5 heteroatoms. The first-order chi connectivity index (χ1) is 10.6. The van der Waals surface area contributed by atoms with Crippen molar-refractivity contribution in [2.24, 2.45) is 0 Å². The molecule has 0 aromatic heterocycles. The van der Waals surface area contributed by atoms with E-state index in [1.807, 2.05) is 36.4 Å². The maximum absolute atomic E-state index is 11.4. The zero-order chi connectivity index (χ0) is 15.5. The van der Waals surface area contributed by atoms with E-state index >= 15 is 0 Å². The van der Waals surface area contributed by atoms with Gasteiger partial charge in [-0.2, -0.15) is 0 Å². The summed E-state index contributed by atoms with van der Waals surface area (Å²) >= 11 is 0. The average Bonchev–Trinajstić information content (AvgIpc) is 2.97. The van der Waals surface area contributed by atoms with E-state index in [-0.39, 0.29) is 6.79 Å². The molecule has 2 aromatic carbocycles. The topological polar surface area (TPSA) is 47.6 Å². The first kappa shape index (κ1) is 14.9. The van der Waals surface area contributed by atoms with E-state index in [9.17, 15) is 4.21 Å². The van der Waals surface area contributed by atoms with E-state index in [0.717, 1.165) is 33.9 Å². The zero-order valence-electron chi connectivity index (χ0n) is 12.7. The predicted octanol–water partition coefficient (Wildman–Crippen LogP) is 3.21. The largest absolute Gasteiger partial charge is 0.454 e. The molecule has 0 spiro atoms. The van der Waals surface area contributed by atoms with E-state index in [4.69, 9.17) is 9.47 Å². The van der Waals surface area contributed by atoms with E-state index in [1.54, 1.807) is 6.26 Å². The second-order valence-corrected chi connectivity index (χ2v) is 6.75. The molecule has 1 heterocycles. The summed E-state index contributed by atoms with van der Waals surface area (Å²) in [7, 11) is -0.839. The Labute approximate surface area is 132 Å². The molecular weight excluding hydrogens is 298 g/mol. The van der Waals surface area contributed by atoms with Crippen molar-refractivity contribution in [2.45, 2.75) is 19.2 Å². The molecular formula is C17H19NO3S. The normalized spacial score (nSPS) is 13.9. The number of anilines is 1. The minimum absolute atomic E-state index is 0.281. The molecule has 0 saturated heterocycles. The van der Waals surface area contributed by atoms with Crippen LogP contribution in [0.15, 0.2) is 36.4 Å². The fourth-order valence-electron chi connectivity index (χ4n) is 2.57. The van der Waals surface area contributed by atoms with Crippen LogP contribution in [0.4, 0.5) is 5.69 Å². The molecule has 2 aromatic rings. The van der Waals surface area contributed by atoms with Crippen molar-refractivity contribution in [2.75, 3.05) is 18.4 Å². The summed E-state index contributed by atoms with van der Waals surface area (Å²) in [5.41, 5.74) is 4.38. The van der Waals surface area contributed by atoms with Crippen molar-refractivity contribution < 1.29 is 13.7 Å². The maximum atomic E-state index is 11.4. The van der Waals surface area contributed by atoms with Crippen molar-refractivity contribution in [1.82, 2.24) is 0 Å². The van der Waals surface area contributed by atoms with Gasteiger partial charge in [0.25, 0.3) is 0 Å². The van der Waals surface area contributed by atoms with Gasteiger partial charge in [-0.25, -0.2) is 0 Å². The molecule has 0 fully saturated rings. The van der Waals surface area contributed by atoms with Gasteiger partial charge in [0.15, 0.2) is 11.5 Å². The Balaban J connectivity index is 1.77. The third-order valence-electron chi connectivity index (χ3n) is 3.75. The zero-order valence-corrected chi connectivity index (χ0v) is 13.5. The average molecular weight is 317 g/mol. The SMILES string of the molecule is Cc1c(C[S@@](C)=O)cccc1NCc1cccc2c1OCO2. The number of nitrogens with one attached hydrogen (secondary N) is 1. The molecule has 0 aliphatic carbocycles. The summed E-state index contributed by atoms with van der Waals surface area (Å²) in [5, 5.41) is 3.44. The fraction of sp³-hybridized carbons (Fsp3) is 0.294. The van der Waals surface area contributed by atoms with Crippen LogP contribution in [0.1, 0.15) is 16.7 Å². The van der Waals surface area contributed by atoms with Gasteiger partial charge in [0.1, 0.15) is 0 Å². The number of benzene rings is 2. The minimum Gasteiger partial charge on any atom is -0.454 e. The van der Waals surface area contributed by atoms with Crippen LogP contribution in [-0.2, 0) is 23.1 Å². The van der Waals surface area contributed by atoms with E-state index < -0.39 is 10.8 Å². The Kier molecular flexibility index (Phi) is 4.34. The van der Waals surface area contributed by atoms with Crippen LogP contribution in [0.5, 0.6) is 11.5 Å². The maximum Gasteiger partial charge on any atom is 0.231 e. The van der Waals surface area contributed by atoms with Crippen molar-refractivity contribution in [3.05, 3.63) is 53.1 Å². The van der Waals surface area contributed by atoms with Gasteiger partial charge in [0.05, 0.1) is 0 Å². The van der Waals surface area contributed by atoms with E-state index in [0.29, 0.717) is 12.3 Å². The van der Waals surface area contributed by atoms with Crippen LogP contribution >= 0.6 is 0 Å². The van der Waals surface area contributed by atoms with Gasteiger partial charge >= 0.3 is 0 Å². The number of para-hydroxylation sites is 1. The number of ether oxygens (including phenoxy) is 2. The van der Waals surface area contributed by atoms with Gasteiger partial charge in [0.2, 0.25) is 6.79 Å². The highest BCUT2D eigenvalue weighted by Crippen LogP contribution is 2.35. The highest BCUT2D eigenvalue weighted by Gasteiger charge is 2.17. The van der Waals surface area contributed by atoms with Crippen LogP contribution in [0.3, 0.4) is 0 Å². The molecule has 116 valence electrons. The second-order valence-electron chi connectivity index (χ2n) is 5.31. The third-order valence-corrected chi connectivity index (χ3v) is 4.47. The molecule has 0 unspecified atom stereocenters. The molecule has 0 amide bonds. The number of rotatable bonds is 5. The molecule has 0 saturated carbocycles. The van der Waals surface area contributed by atoms with E-state index in [2.05, 4.69) is 12.2 Å². The Hall–Kier alpha value is -2.01. The standard InChI is InChI=1S/C17H19NO3S/c1-12-14(10-22(2)19)6-3-7-15(12)18-9-13-5-4-8-16-17(13)21-11-20-16/h3-8,18H,9-11H2,1-2H3/t22-/m1/s1. The lowest BCUT2D eigenvalue weighted by Crippen LogP contribution is -2.04. The van der Waals surface area contributed by atoms with Gasteiger partial charge in [-0.05, 0) is 30.2 Å². The third kappa shape index (κ3) is 3.09. The fourth-order valence-corrected chi connectivity index (χ4v) is 3.32. The molecule has 22 heavy (non-hydrogen) atoms. The summed E-state index contributed by atoms with van der Waals surface area (Å²) in [6.45, 7) is 2.99. The summed E-state index contributed by atoms with van der Waals surface area (Å²) in [6.07, 6.45) is 1.73. The van der Waals surface area contributed by atoms with Gasteiger partial charge in [0, 0.05) is 40.6 Å². The van der Waals surface area contributed by atoms with Crippen LogP contribution < -0.4 is 14.8 Å². The lowest BCUT2D eigenvalue weighted by Gasteiger charge is -2.14. The van der Waals surface area contributed by atoms with Gasteiger partial charge in [-0.1, -0.05) is 24.3 Å². The predicted molar refractivity (Wildman–Crippen MR) is 88.8 cm³/mol. The number of fused-ring (bicyclic) bond motifs is 1. The molecule has 4 nitrogen and oxygen atoms in total. The number of hydrogen-bond acceptors (Lipinski definition) is 4. The quantitative estimate of drug-likeness (QED) is 0.920. The Morgan fingerprint density at radius 3 is 2.73 bits per heavy atom. The lowest BCUT2D eigenvalue weighted by atomic mass is 10.1. The molecule has 3 rings (SSSR count). The summed E-state index contributed by atoms with van der Waals surface area (Å²) in [4.78, 5) is 0. The summed E-state index contributed by atoms with van der Waals surface area (Å²) in [6, 6.07) is 12.0.